The molecule has 2 atom stereocenters. The first kappa shape index (κ1) is 26.1. The highest BCUT2D eigenvalue weighted by atomic mass is 19.4. The second-order valence-electron chi connectivity index (χ2n) is 8.97. The van der Waals surface area contributed by atoms with E-state index in [1.165, 1.54) is 29.2 Å². The molecule has 1 fully saturated rings. The van der Waals surface area contributed by atoms with Crippen LogP contribution in [-0.4, -0.2) is 41.5 Å². The van der Waals surface area contributed by atoms with E-state index in [0.717, 1.165) is 12.1 Å². The Morgan fingerprint density at radius 1 is 1.09 bits per heavy atom. The number of rotatable bonds is 8. The highest BCUT2D eigenvalue weighted by Gasteiger charge is 2.36. The van der Waals surface area contributed by atoms with Crippen molar-refractivity contribution in [1.82, 2.24) is 10.6 Å². The van der Waals surface area contributed by atoms with Crippen molar-refractivity contribution in [2.75, 3.05) is 11.4 Å². The number of carbonyl (C=O) groups is 3. The van der Waals surface area contributed by atoms with Gasteiger partial charge in [0.1, 0.15) is 17.8 Å². The van der Waals surface area contributed by atoms with E-state index in [9.17, 15) is 32.7 Å². The molecule has 1 aliphatic heterocycles. The monoisotopic (exact) mass is 491 g/mol. The Morgan fingerprint density at radius 3 is 2.29 bits per heavy atom. The Morgan fingerprint density at radius 2 is 1.71 bits per heavy atom. The number of halogens is 3. The summed E-state index contributed by atoms with van der Waals surface area (Å²) in [5.74, 6) is -1.12. The van der Waals surface area contributed by atoms with Crippen LogP contribution in [0.3, 0.4) is 0 Å². The summed E-state index contributed by atoms with van der Waals surface area (Å²) in [6.45, 7) is 3.99. The minimum atomic E-state index is -4.48. The van der Waals surface area contributed by atoms with E-state index in [2.05, 4.69) is 10.6 Å². The van der Waals surface area contributed by atoms with Gasteiger partial charge in [0.15, 0.2) is 0 Å². The molecule has 0 bridgehead atoms. The fourth-order valence-electron chi connectivity index (χ4n) is 3.87. The summed E-state index contributed by atoms with van der Waals surface area (Å²) in [7, 11) is 0. The van der Waals surface area contributed by atoms with Crippen molar-refractivity contribution >= 4 is 23.4 Å². The van der Waals surface area contributed by atoms with E-state index >= 15 is 0 Å². The highest BCUT2D eigenvalue weighted by Crippen LogP contribution is 2.31. The molecule has 1 saturated heterocycles. The Labute approximate surface area is 201 Å². The minimum Gasteiger partial charge on any atom is -0.508 e. The van der Waals surface area contributed by atoms with Crippen LogP contribution in [-0.2, 0) is 27.0 Å². The molecule has 2 aromatic carbocycles. The normalized spacial score (nSPS) is 16.9. The van der Waals surface area contributed by atoms with Gasteiger partial charge in [-0.3, -0.25) is 14.4 Å². The fourth-order valence-corrected chi connectivity index (χ4v) is 3.87. The van der Waals surface area contributed by atoms with Crippen LogP contribution >= 0.6 is 0 Å². The predicted molar refractivity (Wildman–Crippen MR) is 124 cm³/mol. The smallest absolute Gasteiger partial charge is 0.416 e. The van der Waals surface area contributed by atoms with Crippen molar-refractivity contribution in [2.45, 2.75) is 51.4 Å². The van der Waals surface area contributed by atoms with Crippen LogP contribution in [0.25, 0.3) is 0 Å². The molecule has 3 N–H and O–H groups in total. The Kier molecular flexibility index (Phi) is 8.03. The summed E-state index contributed by atoms with van der Waals surface area (Å²) in [6.07, 6.45) is -3.82. The van der Waals surface area contributed by atoms with Gasteiger partial charge in [-0.15, -0.1) is 0 Å². The van der Waals surface area contributed by atoms with E-state index < -0.39 is 35.6 Å². The van der Waals surface area contributed by atoms with Gasteiger partial charge in [0, 0.05) is 25.1 Å². The lowest BCUT2D eigenvalue weighted by molar-refractivity contribution is -0.137. The number of amides is 3. The third kappa shape index (κ3) is 6.97. The van der Waals surface area contributed by atoms with Crippen LogP contribution < -0.4 is 15.5 Å². The van der Waals surface area contributed by atoms with Crippen molar-refractivity contribution in [2.24, 2.45) is 5.92 Å². The van der Waals surface area contributed by atoms with Crippen molar-refractivity contribution in [3.63, 3.8) is 0 Å². The number of benzene rings is 2. The summed E-state index contributed by atoms with van der Waals surface area (Å²) in [4.78, 5) is 39.6. The molecule has 35 heavy (non-hydrogen) atoms. The lowest BCUT2D eigenvalue weighted by Gasteiger charge is -2.22. The topological polar surface area (TPSA) is 98.7 Å². The molecule has 0 radical (unpaired) electrons. The van der Waals surface area contributed by atoms with E-state index in [1.54, 1.807) is 12.1 Å². The molecule has 1 unspecified atom stereocenters. The lowest BCUT2D eigenvalue weighted by Crippen LogP contribution is -2.52. The molecular weight excluding hydrogens is 463 g/mol. The first-order valence-corrected chi connectivity index (χ1v) is 11.3. The van der Waals surface area contributed by atoms with E-state index in [0.29, 0.717) is 11.3 Å². The standard InChI is InChI=1S/C25H28F3N3O4/c1-15(2)13-22(33)29-21(14-16-3-9-19(32)10-4-16)23(34)30-20-11-12-31(24(20)35)18-7-5-17(6-8-18)25(26,27)28/h3-10,15,20-21,32H,11-14H2,1-2H3,(H,29,33)(H,30,34)/t20?,21-/m0/s1. The summed E-state index contributed by atoms with van der Waals surface area (Å²) >= 11 is 0. The van der Waals surface area contributed by atoms with Crippen LogP contribution in [0.5, 0.6) is 5.75 Å². The molecule has 1 heterocycles. The zero-order valence-corrected chi connectivity index (χ0v) is 19.4. The molecule has 188 valence electrons. The molecule has 0 spiro atoms. The largest absolute Gasteiger partial charge is 0.508 e. The van der Waals surface area contributed by atoms with Gasteiger partial charge < -0.3 is 20.6 Å². The van der Waals surface area contributed by atoms with Crippen LogP contribution in [0.4, 0.5) is 18.9 Å². The average molecular weight is 492 g/mol. The van der Waals surface area contributed by atoms with E-state index in [-0.39, 0.29) is 43.4 Å². The Bertz CT molecular complexity index is 1050. The lowest BCUT2D eigenvalue weighted by atomic mass is 10.0. The number of nitrogens with one attached hydrogen (secondary N) is 2. The quantitative estimate of drug-likeness (QED) is 0.527. The van der Waals surface area contributed by atoms with E-state index in [1.807, 2.05) is 13.8 Å². The number of hydrogen-bond donors (Lipinski definition) is 3. The van der Waals surface area contributed by atoms with Crippen molar-refractivity contribution < 1.29 is 32.7 Å². The number of aromatic hydroxyl groups is 1. The Balaban J connectivity index is 1.69. The molecule has 3 amide bonds. The summed E-state index contributed by atoms with van der Waals surface area (Å²) < 4.78 is 38.5. The van der Waals surface area contributed by atoms with Gasteiger partial charge in [0.05, 0.1) is 5.56 Å². The highest BCUT2D eigenvalue weighted by molar-refractivity contribution is 6.02. The fraction of sp³-hybridized carbons (Fsp3) is 0.400. The maximum atomic E-state index is 13.1. The van der Waals surface area contributed by atoms with Gasteiger partial charge in [-0.1, -0.05) is 26.0 Å². The first-order chi connectivity index (χ1) is 16.4. The van der Waals surface area contributed by atoms with Crippen LogP contribution in [0.15, 0.2) is 48.5 Å². The maximum absolute atomic E-state index is 13.1. The number of hydrogen-bond acceptors (Lipinski definition) is 4. The summed E-state index contributed by atoms with van der Waals surface area (Å²) in [5.41, 5.74) is 0.203. The molecule has 7 nitrogen and oxygen atoms in total. The molecule has 10 heteroatoms. The van der Waals surface area contributed by atoms with Gasteiger partial charge >= 0.3 is 6.18 Å². The molecule has 2 aromatic rings. The molecule has 0 aromatic heterocycles. The average Bonchev–Trinajstić information content (AvgIpc) is 3.13. The molecule has 1 aliphatic rings. The second-order valence-corrected chi connectivity index (χ2v) is 8.97. The number of anilines is 1. The number of alkyl halides is 3. The first-order valence-electron chi connectivity index (χ1n) is 11.3. The zero-order chi connectivity index (χ0) is 25.8. The third-order valence-electron chi connectivity index (χ3n) is 5.65. The number of nitrogens with zero attached hydrogens (tertiary/aromatic N) is 1. The van der Waals surface area contributed by atoms with Crippen molar-refractivity contribution in [3.8, 4) is 5.75 Å². The van der Waals surface area contributed by atoms with Gasteiger partial charge in [-0.05, 0) is 54.3 Å². The van der Waals surface area contributed by atoms with Crippen LogP contribution in [0.1, 0.15) is 37.8 Å². The van der Waals surface area contributed by atoms with Gasteiger partial charge in [0.25, 0.3) is 0 Å². The minimum absolute atomic E-state index is 0.0681. The number of phenolic OH excluding ortho intramolecular Hbond substituents is 1. The van der Waals surface area contributed by atoms with Gasteiger partial charge in [-0.2, -0.15) is 13.2 Å². The molecule has 0 aliphatic carbocycles. The number of carbonyl (C=O) groups excluding carboxylic acids is 3. The van der Waals surface area contributed by atoms with E-state index in [4.69, 9.17) is 0 Å². The Hall–Kier alpha value is -3.56. The van der Waals surface area contributed by atoms with Gasteiger partial charge in [0.2, 0.25) is 17.7 Å². The van der Waals surface area contributed by atoms with Crippen molar-refractivity contribution in [1.29, 1.82) is 0 Å². The van der Waals surface area contributed by atoms with Crippen LogP contribution in [0.2, 0.25) is 0 Å². The molecule has 0 saturated carbocycles. The van der Waals surface area contributed by atoms with Crippen LogP contribution in [0, 0.1) is 5.92 Å². The summed E-state index contributed by atoms with van der Waals surface area (Å²) in [6, 6.07) is 8.68. The molecular formula is C25H28F3N3O4. The van der Waals surface area contributed by atoms with Gasteiger partial charge in [-0.25, -0.2) is 0 Å². The zero-order valence-electron chi connectivity index (χ0n) is 19.4. The number of phenols is 1. The maximum Gasteiger partial charge on any atom is 0.416 e. The SMILES string of the molecule is CC(C)CC(=O)N[C@@H](Cc1ccc(O)cc1)C(=O)NC1CCN(c2ccc(C(F)(F)F)cc2)C1=O. The van der Waals surface area contributed by atoms with Crippen molar-refractivity contribution in [3.05, 3.63) is 59.7 Å². The third-order valence-corrected chi connectivity index (χ3v) is 5.65. The predicted octanol–water partition coefficient (Wildman–Crippen LogP) is 3.41. The molecule has 3 rings (SSSR count). The second kappa shape index (κ2) is 10.8. The summed E-state index contributed by atoms with van der Waals surface area (Å²) in [5, 5.41) is 14.9.